The number of aliphatic hydroxyl groups excluding tert-OH is 1. The molecule has 1 N–H and O–H groups in total. The van der Waals surface area contributed by atoms with Crippen LogP contribution in [-0.4, -0.2) is 24.5 Å². The Hall–Kier alpha value is -1.06. The summed E-state index contributed by atoms with van der Waals surface area (Å²) in [6.45, 7) is 5.39. The summed E-state index contributed by atoms with van der Waals surface area (Å²) in [4.78, 5) is 23.2. The summed E-state index contributed by atoms with van der Waals surface area (Å²) in [5, 5.41) is 9.87. The molecule has 0 heterocycles. The quantitative estimate of drug-likeness (QED) is 0.551. The van der Waals surface area contributed by atoms with Crippen molar-refractivity contribution >= 4 is 19.4 Å². The zero-order chi connectivity index (χ0) is 11.8. The van der Waals surface area contributed by atoms with Crippen molar-refractivity contribution in [3.63, 3.8) is 0 Å². The molecule has 15 heavy (non-hydrogen) atoms. The second-order valence-corrected chi connectivity index (χ2v) is 4.70. The number of Topliss-reactive ketones (excluding diaryl/α,β-unsaturated/α-hetero) is 2. The van der Waals surface area contributed by atoms with Gasteiger partial charge in [-0.1, -0.05) is 20.8 Å². The zero-order valence-corrected chi connectivity index (χ0v) is 9.33. The summed E-state index contributed by atoms with van der Waals surface area (Å²) in [5.74, 6) is -1.11. The smallest absolute Gasteiger partial charge is 0.172 e. The first-order valence-electron chi connectivity index (χ1n) is 5.02. The second-order valence-electron chi connectivity index (χ2n) is 4.70. The summed E-state index contributed by atoms with van der Waals surface area (Å²) < 4.78 is 0. The minimum Gasteiger partial charge on any atom is -0.511 e. The fraction of sp³-hybridized carbons (Fsp3) is 0.636. The van der Waals surface area contributed by atoms with Crippen LogP contribution in [0.25, 0.3) is 0 Å². The number of allylic oxidation sites excluding steroid dienone is 2. The van der Waals surface area contributed by atoms with Gasteiger partial charge in [0, 0.05) is 11.3 Å². The standard InChI is InChI=1S/C11H15BO3/c1-6-4-11(2,3)10(15)8(9(6)14)7(13)5-12/h6,15H,4-5H2,1-3H3. The van der Waals surface area contributed by atoms with Crippen LogP contribution >= 0.6 is 0 Å². The molecule has 1 aliphatic rings. The largest absolute Gasteiger partial charge is 0.511 e. The van der Waals surface area contributed by atoms with Crippen LogP contribution in [-0.2, 0) is 9.59 Å². The first kappa shape index (κ1) is 12.0. The molecule has 0 aliphatic heterocycles. The maximum absolute atomic E-state index is 11.7. The van der Waals surface area contributed by atoms with E-state index in [1.807, 2.05) is 13.8 Å². The molecule has 0 aromatic heterocycles. The molecule has 0 saturated heterocycles. The Morgan fingerprint density at radius 3 is 2.60 bits per heavy atom. The van der Waals surface area contributed by atoms with E-state index in [-0.39, 0.29) is 29.4 Å². The maximum Gasteiger partial charge on any atom is 0.172 e. The van der Waals surface area contributed by atoms with Crippen LogP contribution in [0.15, 0.2) is 11.3 Å². The normalized spacial score (nSPS) is 25.5. The molecule has 3 nitrogen and oxygen atoms in total. The average Bonchev–Trinajstić information content (AvgIpc) is 2.14. The third kappa shape index (κ3) is 1.99. The number of ketones is 2. The monoisotopic (exact) mass is 206 g/mol. The van der Waals surface area contributed by atoms with Crippen LogP contribution < -0.4 is 0 Å². The number of hydrogen-bond acceptors (Lipinski definition) is 3. The SMILES string of the molecule is [B]CC(=O)C1=C(O)C(C)(C)CC(C)C1=O. The molecule has 0 spiro atoms. The molecule has 1 rings (SSSR count). The van der Waals surface area contributed by atoms with Gasteiger partial charge in [-0.05, 0) is 12.7 Å². The Bertz CT molecular complexity index is 342. The van der Waals surface area contributed by atoms with Gasteiger partial charge in [-0.25, -0.2) is 0 Å². The van der Waals surface area contributed by atoms with Gasteiger partial charge in [0.2, 0.25) is 0 Å². The van der Waals surface area contributed by atoms with Gasteiger partial charge in [0.05, 0.1) is 13.4 Å². The van der Waals surface area contributed by atoms with Crippen LogP contribution in [0.5, 0.6) is 0 Å². The summed E-state index contributed by atoms with van der Waals surface area (Å²) in [6, 6.07) is 0. The predicted octanol–water partition coefficient (Wildman–Crippen LogP) is 1.59. The van der Waals surface area contributed by atoms with Gasteiger partial charge >= 0.3 is 0 Å². The van der Waals surface area contributed by atoms with Crippen molar-refractivity contribution < 1.29 is 14.7 Å². The number of carbonyl (C=O) groups is 2. The van der Waals surface area contributed by atoms with E-state index in [9.17, 15) is 14.7 Å². The molecule has 1 unspecified atom stereocenters. The van der Waals surface area contributed by atoms with E-state index < -0.39 is 11.2 Å². The lowest BCUT2D eigenvalue weighted by molar-refractivity contribution is -0.125. The van der Waals surface area contributed by atoms with Gasteiger partial charge in [0.1, 0.15) is 5.76 Å². The minimum atomic E-state index is -0.520. The van der Waals surface area contributed by atoms with Crippen LogP contribution in [0.3, 0.4) is 0 Å². The van der Waals surface area contributed by atoms with Crippen LogP contribution in [0.2, 0.25) is 6.32 Å². The van der Waals surface area contributed by atoms with E-state index in [1.54, 1.807) is 6.92 Å². The first-order valence-corrected chi connectivity index (χ1v) is 5.02. The molecule has 0 fully saturated rings. The maximum atomic E-state index is 11.7. The van der Waals surface area contributed by atoms with Gasteiger partial charge in [0.25, 0.3) is 0 Å². The molecule has 0 amide bonds. The Labute approximate surface area is 91.0 Å². The topological polar surface area (TPSA) is 54.4 Å². The van der Waals surface area contributed by atoms with Gasteiger partial charge in [0.15, 0.2) is 11.6 Å². The van der Waals surface area contributed by atoms with Crippen molar-refractivity contribution in [2.75, 3.05) is 0 Å². The lowest BCUT2D eigenvalue weighted by Crippen LogP contribution is -2.34. The lowest BCUT2D eigenvalue weighted by Gasteiger charge is -2.33. The molecule has 2 radical (unpaired) electrons. The highest BCUT2D eigenvalue weighted by atomic mass is 16.3. The van der Waals surface area contributed by atoms with E-state index in [4.69, 9.17) is 7.85 Å². The van der Waals surface area contributed by atoms with E-state index in [2.05, 4.69) is 0 Å². The molecular formula is C11H15BO3. The first-order chi connectivity index (χ1) is 6.81. The highest BCUT2D eigenvalue weighted by Gasteiger charge is 2.40. The predicted molar refractivity (Wildman–Crippen MR) is 57.8 cm³/mol. The number of aliphatic hydroxyl groups is 1. The molecule has 4 heteroatoms. The summed E-state index contributed by atoms with van der Waals surface area (Å²) in [7, 11) is 5.21. The summed E-state index contributed by atoms with van der Waals surface area (Å²) >= 11 is 0. The second kappa shape index (κ2) is 3.84. The average molecular weight is 206 g/mol. The van der Waals surface area contributed by atoms with Crippen LogP contribution in [0, 0.1) is 11.3 Å². The Balaban J connectivity index is 3.27. The van der Waals surface area contributed by atoms with Gasteiger partial charge in [-0.15, -0.1) is 0 Å². The molecule has 0 aromatic rings. The molecule has 0 aromatic carbocycles. The van der Waals surface area contributed by atoms with Crippen molar-refractivity contribution in [1.29, 1.82) is 0 Å². The van der Waals surface area contributed by atoms with Gasteiger partial charge in [-0.3, -0.25) is 9.59 Å². The van der Waals surface area contributed by atoms with Gasteiger partial charge in [-0.2, -0.15) is 0 Å². The van der Waals surface area contributed by atoms with Crippen molar-refractivity contribution in [1.82, 2.24) is 0 Å². The Morgan fingerprint density at radius 1 is 1.60 bits per heavy atom. The molecule has 0 bridgehead atoms. The summed E-state index contributed by atoms with van der Waals surface area (Å²) in [6.07, 6.45) is 0.312. The molecule has 1 aliphatic carbocycles. The summed E-state index contributed by atoms with van der Waals surface area (Å²) in [5.41, 5.74) is -0.616. The van der Waals surface area contributed by atoms with Crippen LogP contribution in [0.1, 0.15) is 27.2 Å². The van der Waals surface area contributed by atoms with E-state index in [1.165, 1.54) is 0 Å². The highest BCUT2D eigenvalue weighted by Crippen LogP contribution is 2.40. The molecular weight excluding hydrogens is 191 g/mol. The van der Waals surface area contributed by atoms with E-state index in [0.29, 0.717) is 6.42 Å². The third-order valence-corrected chi connectivity index (χ3v) is 2.85. The van der Waals surface area contributed by atoms with Gasteiger partial charge < -0.3 is 5.11 Å². The molecule has 1 atom stereocenters. The number of carbonyl (C=O) groups excluding carboxylic acids is 2. The zero-order valence-electron chi connectivity index (χ0n) is 9.33. The van der Waals surface area contributed by atoms with E-state index >= 15 is 0 Å². The Kier molecular flexibility index (Phi) is 3.07. The molecule has 80 valence electrons. The highest BCUT2D eigenvalue weighted by molar-refractivity contribution is 6.32. The van der Waals surface area contributed by atoms with E-state index in [0.717, 1.165) is 0 Å². The van der Waals surface area contributed by atoms with Crippen molar-refractivity contribution in [3.05, 3.63) is 11.3 Å². The minimum absolute atomic E-state index is 0.0961. The van der Waals surface area contributed by atoms with Crippen molar-refractivity contribution in [3.8, 4) is 0 Å². The van der Waals surface area contributed by atoms with Crippen molar-refractivity contribution in [2.45, 2.75) is 33.5 Å². The fourth-order valence-corrected chi connectivity index (χ4v) is 2.03. The third-order valence-electron chi connectivity index (χ3n) is 2.85. The lowest BCUT2D eigenvalue weighted by atomic mass is 9.70. The molecule has 0 saturated carbocycles. The Morgan fingerprint density at radius 2 is 2.13 bits per heavy atom. The fourth-order valence-electron chi connectivity index (χ4n) is 2.03. The number of rotatable bonds is 2. The number of hydrogen-bond donors (Lipinski definition) is 1. The van der Waals surface area contributed by atoms with Crippen molar-refractivity contribution in [2.24, 2.45) is 11.3 Å². The van der Waals surface area contributed by atoms with Crippen LogP contribution in [0.4, 0.5) is 0 Å².